The Labute approximate surface area is 190 Å². The molecule has 4 aromatic rings. The molecule has 0 bridgehead atoms. The molecule has 7 nitrogen and oxygen atoms in total. The van der Waals surface area contributed by atoms with E-state index in [4.69, 9.17) is 21.3 Å². The van der Waals surface area contributed by atoms with Gasteiger partial charge in [0.2, 0.25) is 5.95 Å². The summed E-state index contributed by atoms with van der Waals surface area (Å²) in [6.45, 7) is 1.29. The zero-order valence-electron chi connectivity index (χ0n) is 17.8. The molecule has 0 aliphatic heterocycles. The number of carbonyl (C=O) groups is 1. The highest BCUT2D eigenvalue weighted by atomic mass is 35.5. The topological polar surface area (TPSA) is 80.5 Å². The third-order valence-corrected chi connectivity index (χ3v) is 5.53. The van der Waals surface area contributed by atoms with Crippen LogP contribution in [0.2, 0.25) is 5.02 Å². The Morgan fingerprint density at radius 1 is 1.19 bits per heavy atom. The maximum atomic E-state index is 11.6. The average molecular weight is 451 g/mol. The number of nitrogens with zero attached hydrogens (tertiary/aromatic N) is 4. The van der Waals surface area contributed by atoms with Gasteiger partial charge in [-0.1, -0.05) is 23.7 Å². The van der Waals surface area contributed by atoms with Crippen molar-refractivity contribution in [1.82, 2.24) is 14.5 Å². The van der Waals surface area contributed by atoms with Crippen LogP contribution in [0.3, 0.4) is 0 Å². The molecule has 0 unspecified atom stereocenters. The Balaban J connectivity index is 1.63. The number of rotatable bonds is 8. The number of carboxylic acid groups (broad SMARTS) is 1. The van der Waals surface area contributed by atoms with E-state index >= 15 is 0 Å². The second-order valence-corrected chi connectivity index (χ2v) is 7.93. The summed E-state index contributed by atoms with van der Waals surface area (Å²) in [5.74, 6) is 0.416. The molecular weight excluding hydrogens is 428 g/mol. The lowest BCUT2D eigenvalue weighted by molar-refractivity contribution is 0.0696. The summed E-state index contributed by atoms with van der Waals surface area (Å²) in [5.41, 5.74) is 2.97. The molecule has 0 saturated carbocycles. The van der Waals surface area contributed by atoms with E-state index < -0.39 is 5.97 Å². The fourth-order valence-electron chi connectivity index (χ4n) is 3.61. The van der Waals surface area contributed by atoms with Gasteiger partial charge in [-0.2, -0.15) is 4.98 Å². The Bertz CT molecular complexity index is 1270. The number of likely N-dealkylation sites (N-methyl/N-ethyl adjacent to an activating group) is 1. The highest BCUT2D eigenvalue weighted by Gasteiger charge is 2.13. The second kappa shape index (κ2) is 9.38. The fraction of sp³-hybridized carbons (Fsp3) is 0.208. The number of halogens is 1. The molecule has 1 N–H and O–H groups in total. The van der Waals surface area contributed by atoms with E-state index in [1.807, 2.05) is 47.0 Å². The molecule has 0 saturated heterocycles. The quantitative estimate of drug-likeness (QED) is 0.427. The molecule has 0 aliphatic rings. The number of hydrogen-bond donors (Lipinski definition) is 1. The van der Waals surface area contributed by atoms with Gasteiger partial charge < -0.3 is 19.3 Å². The maximum absolute atomic E-state index is 11.6. The lowest BCUT2D eigenvalue weighted by Gasteiger charge is -2.17. The van der Waals surface area contributed by atoms with E-state index in [1.54, 1.807) is 25.4 Å². The third kappa shape index (κ3) is 4.59. The summed E-state index contributed by atoms with van der Waals surface area (Å²) in [6, 6.07) is 15.0. The van der Waals surface area contributed by atoms with E-state index in [1.165, 1.54) is 6.07 Å². The molecule has 2 aromatic heterocycles. The highest BCUT2D eigenvalue weighted by Crippen LogP contribution is 2.25. The molecule has 0 amide bonds. The van der Waals surface area contributed by atoms with Gasteiger partial charge in [0.15, 0.2) is 0 Å². The number of fused-ring (bicyclic) bond motifs is 1. The predicted molar refractivity (Wildman–Crippen MR) is 125 cm³/mol. The summed E-state index contributed by atoms with van der Waals surface area (Å²) in [4.78, 5) is 22.6. The first-order valence-corrected chi connectivity index (χ1v) is 10.5. The number of ether oxygens (including phenoxy) is 1. The monoisotopic (exact) mass is 450 g/mol. The zero-order chi connectivity index (χ0) is 22.7. The molecule has 0 radical (unpaired) electrons. The standard InChI is InChI=1S/C24H23ClN4O3/c1-28(11-12-32-2)24-26-9-7-22(27-24)29-10-8-18-14-16(3-6-21(18)29)13-17-4-5-19(25)15-20(17)23(30)31/h3-10,14-15H,11-13H2,1-2H3,(H,30,31). The Hall–Kier alpha value is -3.42. The molecule has 0 fully saturated rings. The first-order chi connectivity index (χ1) is 15.5. The van der Waals surface area contributed by atoms with Gasteiger partial charge in [-0.15, -0.1) is 0 Å². The predicted octanol–water partition coefficient (Wildman–Crippen LogP) is 4.45. The normalized spacial score (nSPS) is 11.1. The van der Waals surface area contributed by atoms with E-state index in [0.29, 0.717) is 30.5 Å². The Morgan fingerprint density at radius 2 is 2.03 bits per heavy atom. The summed E-state index contributed by atoms with van der Waals surface area (Å²) < 4.78 is 7.15. The van der Waals surface area contributed by atoms with Crippen LogP contribution in [0.1, 0.15) is 21.5 Å². The molecular formula is C24H23ClN4O3. The van der Waals surface area contributed by atoms with Gasteiger partial charge >= 0.3 is 5.97 Å². The summed E-state index contributed by atoms with van der Waals surface area (Å²) >= 11 is 5.97. The number of carboxylic acids is 1. The lowest BCUT2D eigenvalue weighted by Crippen LogP contribution is -2.24. The van der Waals surface area contributed by atoms with Crippen LogP contribution in [0.5, 0.6) is 0 Å². The largest absolute Gasteiger partial charge is 0.478 e. The lowest BCUT2D eigenvalue weighted by atomic mass is 9.99. The van der Waals surface area contributed by atoms with Crippen LogP contribution in [0.25, 0.3) is 16.7 Å². The first-order valence-electron chi connectivity index (χ1n) is 10.1. The number of aromatic carboxylic acids is 1. The van der Waals surface area contributed by atoms with Crippen molar-refractivity contribution in [3.05, 3.63) is 82.6 Å². The zero-order valence-corrected chi connectivity index (χ0v) is 18.6. The molecule has 0 aliphatic carbocycles. The summed E-state index contributed by atoms with van der Waals surface area (Å²) in [6.07, 6.45) is 4.22. The minimum absolute atomic E-state index is 0.223. The molecule has 2 heterocycles. The molecule has 164 valence electrons. The fourth-order valence-corrected chi connectivity index (χ4v) is 3.78. The van der Waals surface area contributed by atoms with Crippen molar-refractivity contribution < 1.29 is 14.6 Å². The number of benzene rings is 2. The van der Waals surface area contributed by atoms with Crippen molar-refractivity contribution in [2.75, 3.05) is 32.2 Å². The minimum atomic E-state index is -0.982. The molecule has 0 atom stereocenters. The smallest absolute Gasteiger partial charge is 0.336 e. The van der Waals surface area contributed by atoms with Crippen molar-refractivity contribution in [2.24, 2.45) is 0 Å². The Kier molecular flexibility index (Phi) is 6.39. The van der Waals surface area contributed by atoms with Crippen LogP contribution >= 0.6 is 11.6 Å². The van der Waals surface area contributed by atoms with Crippen molar-refractivity contribution in [1.29, 1.82) is 0 Å². The van der Waals surface area contributed by atoms with Gasteiger partial charge in [0.05, 0.1) is 17.7 Å². The molecule has 32 heavy (non-hydrogen) atoms. The minimum Gasteiger partial charge on any atom is -0.478 e. The van der Waals surface area contributed by atoms with E-state index in [-0.39, 0.29) is 5.56 Å². The Morgan fingerprint density at radius 3 is 2.81 bits per heavy atom. The van der Waals surface area contributed by atoms with Crippen LogP contribution in [0, 0.1) is 0 Å². The first kappa shape index (κ1) is 21.8. The van der Waals surface area contributed by atoms with Crippen molar-refractivity contribution in [3.8, 4) is 5.82 Å². The number of anilines is 1. The molecule has 2 aromatic carbocycles. The van der Waals surface area contributed by atoms with Crippen LogP contribution in [-0.2, 0) is 11.2 Å². The van der Waals surface area contributed by atoms with E-state index in [9.17, 15) is 9.90 Å². The van der Waals surface area contributed by atoms with Crippen molar-refractivity contribution in [3.63, 3.8) is 0 Å². The second-order valence-electron chi connectivity index (χ2n) is 7.49. The van der Waals surface area contributed by atoms with Gasteiger partial charge in [0, 0.05) is 43.5 Å². The molecule has 8 heteroatoms. The van der Waals surface area contributed by atoms with Gasteiger partial charge in [-0.05, 0) is 53.9 Å². The third-order valence-electron chi connectivity index (χ3n) is 5.30. The van der Waals surface area contributed by atoms with E-state index in [2.05, 4.69) is 11.1 Å². The van der Waals surface area contributed by atoms with Crippen LogP contribution in [0.15, 0.2) is 60.9 Å². The van der Waals surface area contributed by atoms with Gasteiger partial charge in [-0.3, -0.25) is 0 Å². The van der Waals surface area contributed by atoms with Gasteiger partial charge in [0.25, 0.3) is 0 Å². The van der Waals surface area contributed by atoms with Gasteiger partial charge in [0.1, 0.15) is 5.82 Å². The maximum Gasteiger partial charge on any atom is 0.336 e. The van der Waals surface area contributed by atoms with Crippen LogP contribution < -0.4 is 4.90 Å². The number of methoxy groups -OCH3 is 1. The summed E-state index contributed by atoms with van der Waals surface area (Å²) in [5, 5.41) is 10.9. The van der Waals surface area contributed by atoms with Crippen molar-refractivity contribution >= 4 is 34.4 Å². The van der Waals surface area contributed by atoms with Crippen molar-refractivity contribution in [2.45, 2.75) is 6.42 Å². The van der Waals surface area contributed by atoms with Crippen LogP contribution in [0.4, 0.5) is 5.95 Å². The highest BCUT2D eigenvalue weighted by molar-refractivity contribution is 6.31. The van der Waals surface area contributed by atoms with Gasteiger partial charge in [-0.25, -0.2) is 9.78 Å². The van der Waals surface area contributed by atoms with Crippen LogP contribution in [-0.4, -0.2) is 52.9 Å². The number of hydrogen-bond acceptors (Lipinski definition) is 5. The average Bonchev–Trinajstić information content (AvgIpc) is 3.22. The molecule has 4 rings (SSSR count). The summed E-state index contributed by atoms with van der Waals surface area (Å²) in [7, 11) is 3.60. The number of aromatic nitrogens is 3. The molecule has 0 spiro atoms. The SMILES string of the molecule is COCCN(C)c1nccc(-n2ccc3cc(Cc4ccc(Cl)cc4C(=O)O)ccc32)n1. The van der Waals surface area contributed by atoms with E-state index in [0.717, 1.165) is 27.8 Å².